The number of amides is 4. The Bertz CT molecular complexity index is 1850. The molecule has 4 aliphatic rings. The van der Waals surface area contributed by atoms with Gasteiger partial charge in [-0.05, 0) is 80.0 Å². The fourth-order valence-corrected chi connectivity index (χ4v) is 8.82. The van der Waals surface area contributed by atoms with E-state index in [1.54, 1.807) is 44.5 Å². The summed E-state index contributed by atoms with van der Waals surface area (Å²) in [7, 11) is -2.83. The predicted octanol–water partition coefficient (Wildman–Crippen LogP) is 3.06. The van der Waals surface area contributed by atoms with Gasteiger partial charge in [0, 0.05) is 23.9 Å². The molecule has 0 unspecified atom stereocenters. The third-order valence-corrected chi connectivity index (χ3v) is 12.9. The first-order chi connectivity index (χ1) is 24.2. The van der Waals surface area contributed by atoms with Crippen molar-refractivity contribution in [2.45, 2.75) is 87.3 Å². The Morgan fingerprint density at radius 1 is 1.18 bits per heavy atom. The first-order valence-corrected chi connectivity index (χ1v) is 18.7. The lowest BCUT2D eigenvalue weighted by Gasteiger charge is -2.32. The molecule has 6 rings (SSSR count). The van der Waals surface area contributed by atoms with Crippen molar-refractivity contribution < 1.29 is 46.6 Å². The van der Waals surface area contributed by atoms with Gasteiger partial charge in [0.2, 0.25) is 27.7 Å². The maximum absolute atomic E-state index is 14.3. The smallest absolute Gasteiger partial charge is 0.405 e. The van der Waals surface area contributed by atoms with Gasteiger partial charge in [0.05, 0.1) is 13.7 Å². The number of carbonyl (C=O) groups excluding carboxylic acids is 3. The Morgan fingerprint density at radius 2 is 1.94 bits per heavy atom. The average Bonchev–Trinajstić information content (AvgIpc) is 3.99. The number of aromatic nitrogens is 1. The molecule has 1 aromatic heterocycles. The van der Waals surface area contributed by atoms with E-state index in [-0.39, 0.29) is 44.0 Å². The average molecular weight is 730 g/mol. The van der Waals surface area contributed by atoms with Crippen molar-refractivity contribution in [3.05, 3.63) is 42.6 Å². The molecule has 2 aliphatic heterocycles. The SMILES string of the molecule is COc1ccc2c(O[C@@H]3C[C@H]4C(=O)N[C@]5(C(=O)NS(=O)(=O)C6(CF)CC6)C[C@H]5/C=C\CC[C@H](C)C[C@@H](C)[C@H](NC(=O)O)C(=O)N4C3)nccc2c1. The second kappa shape index (κ2) is 13.9. The van der Waals surface area contributed by atoms with Crippen LogP contribution in [-0.4, -0.2) is 96.0 Å². The lowest BCUT2D eigenvalue weighted by Crippen LogP contribution is -2.59. The summed E-state index contributed by atoms with van der Waals surface area (Å²) in [5.41, 5.74) is -1.66. The highest BCUT2D eigenvalue weighted by Crippen LogP contribution is 2.48. The highest BCUT2D eigenvalue weighted by molar-refractivity contribution is 7.91. The van der Waals surface area contributed by atoms with E-state index in [0.717, 1.165) is 5.39 Å². The minimum atomic E-state index is -4.38. The monoisotopic (exact) mass is 729 g/mol. The van der Waals surface area contributed by atoms with Crippen molar-refractivity contribution in [2.75, 3.05) is 20.3 Å². The van der Waals surface area contributed by atoms with Crippen LogP contribution in [0.4, 0.5) is 9.18 Å². The van der Waals surface area contributed by atoms with Crippen LogP contribution in [0.3, 0.4) is 0 Å². The number of benzene rings is 1. The van der Waals surface area contributed by atoms with Crippen LogP contribution >= 0.6 is 0 Å². The number of alkyl halides is 1. The highest BCUT2D eigenvalue weighted by atomic mass is 32.2. The highest BCUT2D eigenvalue weighted by Gasteiger charge is 2.64. The van der Waals surface area contributed by atoms with Gasteiger partial charge in [-0.15, -0.1) is 0 Å². The van der Waals surface area contributed by atoms with Crippen molar-refractivity contribution in [2.24, 2.45) is 17.8 Å². The Kier molecular flexibility index (Phi) is 9.92. The molecule has 2 aliphatic carbocycles. The van der Waals surface area contributed by atoms with Gasteiger partial charge in [0.15, 0.2) is 0 Å². The zero-order valence-corrected chi connectivity index (χ0v) is 29.6. The zero-order valence-electron chi connectivity index (χ0n) is 28.8. The van der Waals surface area contributed by atoms with Gasteiger partial charge in [0.25, 0.3) is 5.91 Å². The molecule has 0 bridgehead atoms. The van der Waals surface area contributed by atoms with Crippen molar-refractivity contribution in [3.63, 3.8) is 0 Å². The van der Waals surface area contributed by atoms with Crippen molar-refractivity contribution in [1.29, 1.82) is 0 Å². The normalized spacial score (nSPS) is 31.2. The Labute approximate surface area is 295 Å². The molecule has 0 radical (unpaired) electrons. The van der Waals surface area contributed by atoms with Crippen molar-refractivity contribution >= 4 is 44.6 Å². The number of carbonyl (C=O) groups is 4. The molecule has 2 aromatic rings. The molecule has 1 saturated heterocycles. The van der Waals surface area contributed by atoms with E-state index in [1.165, 1.54) is 4.90 Å². The number of hydrogen-bond acceptors (Lipinski definition) is 9. The van der Waals surface area contributed by atoms with Crippen LogP contribution in [0.5, 0.6) is 11.6 Å². The largest absolute Gasteiger partial charge is 0.497 e. The van der Waals surface area contributed by atoms with Gasteiger partial charge in [0.1, 0.15) is 40.9 Å². The summed E-state index contributed by atoms with van der Waals surface area (Å²) >= 11 is 0. The number of carboxylic acid groups (broad SMARTS) is 1. The van der Waals surface area contributed by atoms with E-state index in [2.05, 4.69) is 20.3 Å². The number of sulfonamides is 1. The molecular weight excluding hydrogens is 685 g/mol. The number of allylic oxidation sites excluding steroid dienone is 1. The fourth-order valence-electron chi connectivity index (χ4n) is 7.39. The summed E-state index contributed by atoms with van der Waals surface area (Å²) < 4.78 is 51.9. The third kappa shape index (κ3) is 7.19. The fraction of sp³-hybridized carbons (Fsp3) is 0.571. The van der Waals surface area contributed by atoms with Gasteiger partial charge < -0.3 is 30.1 Å². The van der Waals surface area contributed by atoms with E-state index in [1.807, 2.05) is 19.1 Å². The molecule has 51 heavy (non-hydrogen) atoms. The number of ether oxygens (including phenoxy) is 2. The van der Waals surface area contributed by atoms with Gasteiger partial charge in [-0.2, -0.15) is 0 Å². The lowest BCUT2D eigenvalue weighted by molar-refractivity contribution is -0.142. The number of nitrogens with zero attached hydrogens (tertiary/aromatic N) is 2. The van der Waals surface area contributed by atoms with Crippen LogP contribution in [0.2, 0.25) is 0 Å². The second-order valence-corrected chi connectivity index (χ2v) is 16.5. The number of methoxy groups -OCH3 is 1. The first-order valence-electron chi connectivity index (χ1n) is 17.2. The summed E-state index contributed by atoms with van der Waals surface area (Å²) in [5.74, 6) is -2.33. The molecule has 276 valence electrons. The number of halogens is 1. The van der Waals surface area contributed by atoms with Gasteiger partial charge in [-0.3, -0.25) is 19.1 Å². The Hall–Kier alpha value is -4.47. The molecule has 3 heterocycles. The van der Waals surface area contributed by atoms with Crippen LogP contribution in [-0.2, 0) is 24.4 Å². The molecule has 7 atom stereocenters. The van der Waals surface area contributed by atoms with E-state index in [9.17, 15) is 37.1 Å². The maximum Gasteiger partial charge on any atom is 0.405 e. The van der Waals surface area contributed by atoms with E-state index in [0.29, 0.717) is 30.4 Å². The standard InChI is InChI=1S/C35H44FN5O9S/c1-20-6-4-5-7-23-17-35(23,32(44)40-51(47,48)34(19-36)11-12-34)39-29(42)27-16-25(18-41(27)31(43)28(21(2)14-20)38-33(45)46)50-30-26-9-8-24(49-3)15-22(26)10-13-37-30/h5,7-10,13,15,20-21,23,25,27-28,38H,4,6,11-12,14,16-19H2,1-3H3,(H,39,42)(H,40,44)(H,45,46)/b7-5-/t20-,21+,23+,25+,27-,28-,35+/m0/s1. The van der Waals surface area contributed by atoms with Gasteiger partial charge in [-0.25, -0.2) is 22.6 Å². The quantitative estimate of drug-likeness (QED) is 0.294. The predicted molar refractivity (Wildman–Crippen MR) is 183 cm³/mol. The molecule has 3 fully saturated rings. The molecular formula is C35H44FN5O9S. The first kappa shape index (κ1) is 36.3. The molecule has 4 amide bonds. The minimum Gasteiger partial charge on any atom is -0.497 e. The van der Waals surface area contributed by atoms with Crippen LogP contribution in [0.25, 0.3) is 10.8 Å². The number of fused-ring (bicyclic) bond motifs is 3. The number of pyridine rings is 1. The molecule has 2 saturated carbocycles. The third-order valence-electron chi connectivity index (χ3n) is 10.8. The summed E-state index contributed by atoms with van der Waals surface area (Å²) in [4.78, 5) is 59.9. The Morgan fingerprint density at radius 3 is 2.63 bits per heavy atom. The summed E-state index contributed by atoms with van der Waals surface area (Å²) in [5, 5.41) is 16.3. The van der Waals surface area contributed by atoms with Crippen LogP contribution in [0.1, 0.15) is 58.8 Å². The minimum absolute atomic E-state index is 0.0299. The maximum atomic E-state index is 14.3. The van der Waals surface area contributed by atoms with Crippen molar-refractivity contribution in [1.82, 2.24) is 25.2 Å². The summed E-state index contributed by atoms with van der Waals surface area (Å²) in [6.07, 6.45) is 5.11. The summed E-state index contributed by atoms with van der Waals surface area (Å²) in [6.45, 7) is 2.56. The number of hydrogen-bond donors (Lipinski definition) is 4. The molecule has 0 spiro atoms. The van der Waals surface area contributed by atoms with Gasteiger partial charge in [-0.1, -0.05) is 26.0 Å². The topological polar surface area (TPSA) is 193 Å². The lowest BCUT2D eigenvalue weighted by atomic mass is 9.88. The van der Waals surface area contributed by atoms with E-state index in [4.69, 9.17) is 9.47 Å². The Balaban J connectivity index is 1.33. The van der Waals surface area contributed by atoms with Crippen LogP contribution in [0.15, 0.2) is 42.6 Å². The molecule has 4 N–H and O–H groups in total. The molecule has 14 nitrogen and oxygen atoms in total. The van der Waals surface area contributed by atoms with Gasteiger partial charge >= 0.3 is 6.09 Å². The number of rotatable bonds is 8. The molecule has 1 aromatic carbocycles. The second-order valence-electron chi connectivity index (χ2n) is 14.5. The number of nitrogens with one attached hydrogen (secondary N) is 3. The summed E-state index contributed by atoms with van der Waals surface area (Å²) in [6, 6.07) is 4.74. The van der Waals surface area contributed by atoms with Crippen LogP contribution < -0.4 is 24.8 Å². The van der Waals surface area contributed by atoms with Crippen LogP contribution in [0, 0.1) is 17.8 Å². The van der Waals surface area contributed by atoms with Crippen molar-refractivity contribution in [3.8, 4) is 11.6 Å². The van der Waals surface area contributed by atoms with E-state index < -0.39 is 80.8 Å². The van der Waals surface area contributed by atoms with E-state index >= 15 is 0 Å². The zero-order chi connectivity index (χ0) is 36.7. The molecule has 16 heteroatoms.